The van der Waals surface area contributed by atoms with Crippen molar-refractivity contribution in [2.24, 2.45) is 5.10 Å². The molecular formula is C21H25N3O3. The van der Waals surface area contributed by atoms with E-state index in [4.69, 9.17) is 9.15 Å². The standard InChI is InChI=1S/C21H25N3O3/c1-16-4-6-17(7-5-16)18-15-19(20-3-2-12-27-20)24(22-18)21(25)8-9-23-10-13-26-14-11-23/h2-7,12,19H,8-11,13-15H2,1H3/t19-/m0/s1. The van der Waals surface area contributed by atoms with E-state index in [0.717, 1.165) is 49.9 Å². The summed E-state index contributed by atoms with van der Waals surface area (Å²) in [5.74, 6) is 0.811. The molecular weight excluding hydrogens is 342 g/mol. The van der Waals surface area contributed by atoms with Gasteiger partial charge in [0.15, 0.2) is 0 Å². The van der Waals surface area contributed by atoms with E-state index in [1.165, 1.54) is 5.56 Å². The molecule has 0 unspecified atom stereocenters. The summed E-state index contributed by atoms with van der Waals surface area (Å²) in [4.78, 5) is 15.2. The van der Waals surface area contributed by atoms with E-state index in [-0.39, 0.29) is 11.9 Å². The number of carbonyl (C=O) groups is 1. The van der Waals surface area contributed by atoms with Crippen molar-refractivity contribution in [3.8, 4) is 0 Å². The zero-order valence-corrected chi connectivity index (χ0v) is 15.6. The van der Waals surface area contributed by atoms with E-state index < -0.39 is 0 Å². The van der Waals surface area contributed by atoms with Gasteiger partial charge in [-0.2, -0.15) is 5.10 Å². The highest BCUT2D eigenvalue weighted by Crippen LogP contribution is 2.33. The molecule has 0 bridgehead atoms. The minimum Gasteiger partial charge on any atom is -0.467 e. The second kappa shape index (κ2) is 8.06. The molecule has 1 amide bonds. The summed E-state index contributed by atoms with van der Waals surface area (Å²) in [5, 5.41) is 6.31. The van der Waals surface area contributed by atoms with Crippen LogP contribution in [0.5, 0.6) is 0 Å². The molecule has 2 aromatic rings. The van der Waals surface area contributed by atoms with E-state index in [1.807, 2.05) is 12.1 Å². The van der Waals surface area contributed by atoms with Gasteiger partial charge in [0.25, 0.3) is 0 Å². The lowest BCUT2D eigenvalue weighted by molar-refractivity contribution is -0.134. The predicted molar refractivity (Wildman–Crippen MR) is 103 cm³/mol. The number of morpholine rings is 1. The van der Waals surface area contributed by atoms with Crippen LogP contribution in [0.3, 0.4) is 0 Å². The Morgan fingerprint density at radius 3 is 2.67 bits per heavy atom. The largest absolute Gasteiger partial charge is 0.467 e. The fourth-order valence-electron chi connectivity index (χ4n) is 3.56. The lowest BCUT2D eigenvalue weighted by Crippen LogP contribution is -2.39. The van der Waals surface area contributed by atoms with E-state index in [1.54, 1.807) is 11.3 Å². The lowest BCUT2D eigenvalue weighted by atomic mass is 10.0. The van der Waals surface area contributed by atoms with Gasteiger partial charge in [-0.05, 0) is 24.6 Å². The average molecular weight is 367 g/mol. The molecule has 0 spiro atoms. The summed E-state index contributed by atoms with van der Waals surface area (Å²) in [6, 6.07) is 11.9. The Morgan fingerprint density at radius 1 is 1.19 bits per heavy atom. The van der Waals surface area contributed by atoms with Gasteiger partial charge in [0.1, 0.15) is 11.8 Å². The van der Waals surface area contributed by atoms with Gasteiger partial charge >= 0.3 is 0 Å². The number of carbonyl (C=O) groups excluding carboxylic acids is 1. The third-order valence-electron chi connectivity index (χ3n) is 5.17. The van der Waals surface area contributed by atoms with Gasteiger partial charge in [-0.25, -0.2) is 5.01 Å². The van der Waals surface area contributed by atoms with Crippen molar-refractivity contribution >= 4 is 11.6 Å². The fraction of sp³-hybridized carbons (Fsp3) is 0.429. The maximum Gasteiger partial charge on any atom is 0.244 e. The van der Waals surface area contributed by atoms with Crippen LogP contribution in [-0.4, -0.2) is 54.4 Å². The van der Waals surface area contributed by atoms with Gasteiger partial charge in [0.05, 0.1) is 25.2 Å². The van der Waals surface area contributed by atoms with Crippen molar-refractivity contribution in [2.45, 2.75) is 25.8 Å². The summed E-state index contributed by atoms with van der Waals surface area (Å²) in [5.41, 5.74) is 3.19. The zero-order valence-electron chi connectivity index (χ0n) is 15.6. The van der Waals surface area contributed by atoms with Crippen LogP contribution in [0.25, 0.3) is 0 Å². The normalized spacial score (nSPS) is 20.7. The monoisotopic (exact) mass is 367 g/mol. The molecule has 0 N–H and O–H groups in total. The quantitative estimate of drug-likeness (QED) is 0.815. The molecule has 1 saturated heterocycles. The first-order valence-corrected chi connectivity index (χ1v) is 9.51. The van der Waals surface area contributed by atoms with Crippen molar-refractivity contribution in [1.82, 2.24) is 9.91 Å². The van der Waals surface area contributed by atoms with E-state index >= 15 is 0 Å². The fourth-order valence-corrected chi connectivity index (χ4v) is 3.56. The number of hydrazone groups is 1. The van der Waals surface area contributed by atoms with Crippen molar-refractivity contribution in [3.05, 3.63) is 59.5 Å². The molecule has 6 nitrogen and oxygen atoms in total. The van der Waals surface area contributed by atoms with Crippen LogP contribution in [0.15, 0.2) is 52.2 Å². The molecule has 1 aromatic carbocycles. The third-order valence-corrected chi connectivity index (χ3v) is 5.17. The maximum absolute atomic E-state index is 12.9. The van der Waals surface area contributed by atoms with Crippen LogP contribution < -0.4 is 0 Å². The molecule has 0 aliphatic carbocycles. The first kappa shape index (κ1) is 17.9. The molecule has 2 aliphatic rings. The number of ether oxygens (including phenoxy) is 1. The second-order valence-corrected chi connectivity index (χ2v) is 7.09. The van der Waals surface area contributed by atoms with Gasteiger partial charge < -0.3 is 9.15 Å². The molecule has 3 heterocycles. The third kappa shape index (κ3) is 4.12. The number of benzene rings is 1. The Hall–Kier alpha value is -2.44. The zero-order chi connectivity index (χ0) is 18.6. The molecule has 2 aliphatic heterocycles. The molecule has 1 fully saturated rings. The molecule has 1 aromatic heterocycles. The van der Waals surface area contributed by atoms with Crippen molar-refractivity contribution in [2.75, 3.05) is 32.8 Å². The van der Waals surface area contributed by atoms with Crippen LogP contribution in [0.1, 0.15) is 35.8 Å². The molecule has 1 atom stereocenters. The van der Waals surface area contributed by atoms with Crippen LogP contribution in [0.2, 0.25) is 0 Å². The van der Waals surface area contributed by atoms with Crippen molar-refractivity contribution < 1.29 is 13.9 Å². The second-order valence-electron chi connectivity index (χ2n) is 7.09. The summed E-state index contributed by atoms with van der Waals surface area (Å²) >= 11 is 0. The predicted octanol–water partition coefficient (Wildman–Crippen LogP) is 2.99. The molecule has 0 saturated carbocycles. The number of hydrogen-bond donors (Lipinski definition) is 0. The Balaban J connectivity index is 1.50. The van der Waals surface area contributed by atoms with E-state index in [9.17, 15) is 4.79 Å². The molecule has 6 heteroatoms. The highest BCUT2D eigenvalue weighted by atomic mass is 16.5. The summed E-state index contributed by atoms with van der Waals surface area (Å²) in [6.07, 6.45) is 2.76. The highest BCUT2D eigenvalue weighted by Gasteiger charge is 2.34. The minimum atomic E-state index is -0.173. The first-order valence-electron chi connectivity index (χ1n) is 9.51. The van der Waals surface area contributed by atoms with Crippen LogP contribution in [0, 0.1) is 6.92 Å². The van der Waals surface area contributed by atoms with Gasteiger partial charge in [-0.3, -0.25) is 9.69 Å². The number of nitrogens with zero attached hydrogens (tertiary/aromatic N) is 3. The Kier molecular flexibility index (Phi) is 5.36. The summed E-state index contributed by atoms with van der Waals surface area (Å²) in [7, 11) is 0. The molecule has 0 radical (unpaired) electrons. The summed E-state index contributed by atoms with van der Waals surface area (Å²) in [6.45, 7) is 6.04. The van der Waals surface area contributed by atoms with Gasteiger partial charge in [-0.1, -0.05) is 29.8 Å². The Morgan fingerprint density at radius 2 is 1.96 bits per heavy atom. The highest BCUT2D eigenvalue weighted by molar-refractivity contribution is 6.03. The van der Waals surface area contributed by atoms with Crippen LogP contribution in [0.4, 0.5) is 0 Å². The molecule has 27 heavy (non-hydrogen) atoms. The van der Waals surface area contributed by atoms with Crippen LogP contribution in [-0.2, 0) is 9.53 Å². The number of amides is 1. The Bertz CT molecular complexity index is 793. The average Bonchev–Trinajstić information content (AvgIpc) is 3.37. The first-order chi connectivity index (χ1) is 13.2. The number of furan rings is 1. The van der Waals surface area contributed by atoms with Crippen LogP contribution >= 0.6 is 0 Å². The van der Waals surface area contributed by atoms with Gasteiger partial charge in [0.2, 0.25) is 5.91 Å². The number of aryl methyl sites for hydroxylation is 1. The van der Waals surface area contributed by atoms with Gasteiger partial charge in [-0.15, -0.1) is 0 Å². The smallest absolute Gasteiger partial charge is 0.244 e. The lowest BCUT2D eigenvalue weighted by Gasteiger charge is -2.27. The SMILES string of the molecule is Cc1ccc(C2=NN(C(=O)CCN3CCOCC3)[C@H](c3ccco3)C2)cc1. The maximum atomic E-state index is 12.9. The summed E-state index contributed by atoms with van der Waals surface area (Å²) < 4.78 is 11.0. The van der Waals surface area contributed by atoms with Crippen molar-refractivity contribution in [3.63, 3.8) is 0 Å². The Labute approximate surface area is 159 Å². The molecule has 142 valence electrons. The molecule has 4 rings (SSSR count). The number of hydrogen-bond acceptors (Lipinski definition) is 5. The topological polar surface area (TPSA) is 58.3 Å². The van der Waals surface area contributed by atoms with E-state index in [0.29, 0.717) is 12.8 Å². The van der Waals surface area contributed by atoms with Gasteiger partial charge in [0, 0.05) is 32.5 Å². The van der Waals surface area contributed by atoms with Crippen molar-refractivity contribution in [1.29, 1.82) is 0 Å². The van der Waals surface area contributed by atoms with E-state index in [2.05, 4.69) is 41.2 Å². The number of rotatable bonds is 5. The minimum absolute atomic E-state index is 0.0324.